The highest BCUT2D eigenvalue weighted by atomic mass is 16.1. The standard InChI is InChI=1S/C16H24N2O/c1-4-16(5-2,6-3)18-15(19)12-9-13-7-10-14(17)11-8-13/h7-12H,4-6,17H2,1-3H3,(H,18,19)/b12-9+. The van der Waals surface area contributed by atoms with Crippen LogP contribution in [0.4, 0.5) is 5.69 Å². The molecule has 0 aliphatic carbocycles. The largest absolute Gasteiger partial charge is 0.399 e. The lowest BCUT2D eigenvalue weighted by Gasteiger charge is -2.31. The van der Waals surface area contributed by atoms with E-state index in [1.807, 2.05) is 24.3 Å². The van der Waals surface area contributed by atoms with Gasteiger partial charge in [0.2, 0.25) is 5.91 Å². The summed E-state index contributed by atoms with van der Waals surface area (Å²) in [5.74, 6) is -0.0395. The normalized spacial score (nSPS) is 11.7. The smallest absolute Gasteiger partial charge is 0.244 e. The maximum absolute atomic E-state index is 12.0. The Kier molecular flexibility index (Phi) is 5.61. The van der Waals surface area contributed by atoms with Crippen LogP contribution in [0.25, 0.3) is 6.08 Å². The van der Waals surface area contributed by atoms with E-state index in [2.05, 4.69) is 26.1 Å². The average Bonchev–Trinajstić information content (AvgIpc) is 2.44. The van der Waals surface area contributed by atoms with Gasteiger partial charge in [0, 0.05) is 17.3 Å². The number of carbonyl (C=O) groups is 1. The molecule has 1 aromatic carbocycles. The van der Waals surface area contributed by atoms with Crippen LogP contribution in [0.5, 0.6) is 0 Å². The third-order valence-corrected chi connectivity index (χ3v) is 3.78. The van der Waals surface area contributed by atoms with Gasteiger partial charge < -0.3 is 11.1 Å². The highest BCUT2D eigenvalue weighted by molar-refractivity contribution is 5.92. The summed E-state index contributed by atoms with van der Waals surface area (Å²) in [7, 11) is 0. The van der Waals surface area contributed by atoms with Crippen molar-refractivity contribution in [3.05, 3.63) is 35.9 Å². The Morgan fingerprint density at radius 2 is 1.68 bits per heavy atom. The Bertz CT molecular complexity index is 422. The molecular weight excluding hydrogens is 236 g/mol. The molecule has 104 valence electrons. The zero-order valence-electron chi connectivity index (χ0n) is 12.1. The van der Waals surface area contributed by atoms with Crippen molar-refractivity contribution in [3.8, 4) is 0 Å². The maximum atomic E-state index is 12.0. The summed E-state index contributed by atoms with van der Waals surface area (Å²) in [5.41, 5.74) is 7.23. The van der Waals surface area contributed by atoms with Gasteiger partial charge in [-0.1, -0.05) is 32.9 Å². The summed E-state index contributed by atoms with van der Waals surface area (Å²) in [4.78, 5) is 12.0. The first kappa shape index (κ1) is 15.3. The molecule has 0 aliphatic heterocycles. The van der Waals surface area contributed by atoms with Crippen LogP contribution in [-0.4, -0.2) is 11.4 Å². The van der Waals surface area contributed by atoms with Gasteiger partial charge in [-0.15, -0.1) is 0 Å². The lowest BCUT2D eigenvalue weighted by Crippen LogP contribution is -2.46. The number of carbonyl (C=O) groups excluding carboxylic acids is 1. The van der Waals surface area contributed by atoms with Crippen LogP contribution in [0, 0.1) is 0 Å². The summed E-state index contributed by atoms with van der Waals surface area (Å²) in [5, 5.41) is 3.11. The third-order valence-electron chi connectivity index (χ3n) is 3.78. The van der Waals surface area contributed by atoms with Crippen molar-refractivity contribution in [2.24, 2.45) is 0 Å². The molecule has 1 aromatic rings. The summed E-state index contributed by atoms with van der Waals surface area (Å²) < 4.78 is 0. The van der Waals surface area contributed by atoms with Crippen molar-refractivity contribution in [1.29, 1.82) is 0 Å². The van der Waals surface area contributed by atoms with Gasteiger partial charge in [0.15, 0.2) is 0 Å². The number of hydrogen-bond donors (Lipinski definition) is 2. The molecule has 0 unspecified atom stereocenters. The second-order valence-corrected chi connectivity index (χ2v) is 4.83. The fraction of sp³-hybridized carbons (Fsp3) is 0.438. The van der Waals surface area contributed by atoms with E-state index in [9.17, 15) is 4.79 Å². The third kappa shape index (κ3) is 4.43. The van der Waals surface area contributed by atoms with E-state index in [-0.39, 0.29) is 11.4 Å². The van der Waals surface area contributed by atoms with Crippen molar-refractivity contribution in [1.82, 2.24) is 5.32 Å². The van der Waals surface area contributed by atoms with E-state index in [1.54, 1.807) is 12.2 Å². The molecule has 0 saturated heterocycles. The fourth-order valence-electron chi connectivity index (χ4n) is 2.10. The first-order valence-electron chi connectivity index (χ1n) is 6.91. The molecule has 0 atom stereocenters. The van der Waals surface area contributed by atoms with Gasteiger partial charge >= 0.3 is 0 Å². The first-order chi connectivity index (χ1) is 9.05. The van der Waals surface area contributed by atoms with Crippen molar-refractivity contribution in [2.75, 3.05) is 5.73 Å². The van der Waals surface area contributed by atoms with Gasteiger partial charge in [0.1, 0.15) is 0 Å². The van der Waals surface area contributed by atoms with E-state index in [4.69, 9.17) is 5.73 Å². The highest BCUT2D eigenvalue weighted by Crippen LogP contribution is 2.19. The zero-order chi connectivity index (χ0) is 14.3. The summed E-state index contributed by atoms with van der Waals surface area (Å²) in [6.07, 6.45) is 6.23. The van der Waals surface area contributed by atoms with Gasteiger partial charge in [-0.25, -0.2) is 0 Å². The maximum Gasteiger partial charge on any atom is 0.244 e. The molecule has 0 fully saturated rings. The number of nitrogen functional groups attached to an aromatic ring is 1. The fourth-order valence-corrected chi connectivity index (χ4v) is 2.10. The van der Waals surface area contributed by atoms with Crippen LogP contribution in [0.1, 0.15) is 45.6 Å². The molecular formula is C16H24N2O. The van der Waals surface area contributed by atoms with Crippen molar-refractivity contribution >= 4 is 17.7 Å². The molecule has 3 nitrogen and oxygen atoms in total. The topological polar surface area (TPSA) is 55.1 Å². The van der Waals surface area contributed by atoms with E-state index in [0.29, 0.717) is 0 Å². The second kappa shape index (κ2) is 6.98. The van der Waals surface area contributed by atoms with Crippen molar-refractivity contribution < 1.29 is 4.79 Å². The van der Waals surface area contributed by atoms with E-state index in [0.717, 1.165) is 30.5 Å². The number of nitrogens with one attached hydrogen (secondary N) is 1. The van der Waals surface area contributed by atoms with Gasteiger partial charge in [0.05, 0.1) is 0 Å². The van der Waals surface area contributed by atoms with E-state index < -0.39 is 0 Å². The second-order valence-electron chi connectivity index (χ2n) is 4.83. The van der Waals surface area contributed by atoms with Crippen molar-refractivity contribution in [3.63, 3.8) is 0 Å². The minimum atomic E-state index is -0.0808. The monoisotopic (exact) mass is 260 g/mol. The predicted octanol–water partition coefficient (Wildman–Crippen LogP) is 3.37. The molecule has 1 rings (SSSR count). The van der Waals surface area contributed by atoms with Crippen molar-refractivity contribution in [2.45, 2.75) is 45.6 Å². The Morgan fingerprint density at radius 1 is 1.16 bits per heavy atom. The lowest BCUT2D eigenvalue weighted by atomic mass is 9.90. The van der Waals surface area contributed by atoms with E-state index in [1.165, 1.54) is 0 Å². The number of amides is 1. The number of benzene rings is 1. The van der Waals surface area contributed by atoms with Gasteiger partial charge in [-0.2, -0.15) is 0 Å². The molecule has 1 amide bonds. The Morgan fingerprint density at radius 3 is 2.16 bits per heavy atom. The Labute approximate surface area is 115 Å². The number of hydrogen-bond acceptors (Lipinski definition) is 2. The van der Waals surface area contributed by atoms with Crippen LogP contribution in [0.3, 0.4) is 0 Å². The first-order valence-corrected chi connectivity index (χ1v) is 6.91. The molecule has 3 N–H and O–H groups in total. The minimum Gasteiger partial charge on any atom is -0.399 e. The van der Waals surface area contributed by atoms with Crippen LogP contribution >= 0.6 is 0 Å². The summed E-state index contributed by atoms with van der Waals surface area (Å²) >= 11 is 0. The number of nitrogens with two attached hydrogens (primary N) is 1. The summed E-state index contributed by atoms with van der Waals surface area (Å²) in [6.45, 7) is 6.32. The molecule has 0 spiro atoms. The Hall–Kier alpha value is -1.77. The molecule has 0 aromatic heterocycles. The Balaban J connectivity index is 2.66. The van der Waals surface area contributed by atoms with Crippen LogP contribution in [-0.2, 0) is 4.79 Å². The zero-order valence-corrected chi connectivity index (χ0v) is 12.1. The van der Waals surface area contributed by atoms with Gasteiger partial charge in [0.25, 0.3) is 0 Å². The molecule has 0 heterocycles. The summed E-state index contributed by atoms with van der Waals surface area (Å²) in [6, 6.07) is 7.44. The lowest BCUT2D eigenvalue weighted by molar-refractivity contribution is -0.118. The van der Waals surface area contributed by atoms with Crippen LogP contribution in [0.2, 0.25) is 0 Å². The SMILES string of the molecule is CCC(CC)(CC)NC(=O)/C=C/c1ccc(N)cc1. The van der Waals surface area contributed by atoms with Crippen LogP contribution in [0.15, 0.2) is 30.3 Å². The van der Waals surface area contributed by atoms with Gasteiger partial charge in [-0.05, 0) is 43.0 Å². The molecule has 0 aliphatic rings. The number of anilines is 1. The molecule has 0 bridgehead atoms. The molecule has 0 radical (unpaired) electrons. The van der Waals surface area contributed by atoms with E-state index >= 15 is 0 Å². The van der Waals surface area contributed by atoms with Crippen LogP contribution < -0.4 is 11.1 Å². The van der Waals surface area contributed by atoms with Gasteiger partial charge in [-0.3, -0.25) is 4.79 Å². The average molecular weight is 260 g/mol. The molecule has 19 heavy (non-hydrogen) atoms. The minimum absolute atomic E-state index is 0.0395. The molecule has 0 saturated carbocycles. The number of rotatable bonds is 6. The predicted molar refractivity (Wildman–Crippen MR) is 81.6 cm³/mol. The molecule has 3 heteroatoms. The highest BCUT2D eigenvalue weighted by Gasteiger charge is 2.24. The quantitative estimate of drug-likeness (QED) is 0.608.